The van der Waals surface area contributed by atoms with Gasteiger partial charge in [0, 0.05) is 6.61 Å². The third-order valence-corrected chi connectivity index (χ3v) is 5.24. The molecule has 80 valence electrons. The molecule has 0 aromatic heterocycles. The molecular weight excluding hydrogens is 172 g/mol. The predicted molar refractivity (Wildman–Crippen MR) is 56.8 cm³/mol. The molecule has 1 heteroatoms. The standard InChI is InChI=1S/C13H22O/c1-8(7-14)13-11-3-9-2-10(5-11)6-12(13)4-9/h8-14H,2-7H2,1H3. The van der Waals surface area contributed by atoms with Crippen LogP contribution in [0.15, 0.2) is 0 Å². The molecule has 0 aromatic rings. The summed E-state index contributed by atoms with van der Waals surface area (Å²) >= 11 is 0. The monoisotopic (exact) mass is 194 g/mol. The first-order valence-electron chi connectivity index (χ1n) is 6.38. The second-order valence-electron chi connectivity index (χ2n) is 6.17. The van der Waals surface area contributed by atoms with Gasteiger partial charge in [-0.15, -0.1) is 0 Å². The highest BCUT2D eigenvalue weighted by molar-refractivity contribution is 4.99. The Labute approximate surface area is 86.9 Å². The van der Waals surface area contributed by atoms with Gasteiger partial charge >= 0.3 is 0 Å². The van der Waals surface area contributed by atoms with Crippen molar-refractivity contribution in [3.05, 3.63) is 0 Å². The van der Waals surface area contributed by atoms with Crippen LogP contribution in [-0.4, -0.2) is 11.7 Å². The zero-order valence-corrected chi connectivity index (χ0v) is 9.15. The van der Waals surface area contributed by atoms with E-state index in [2.05, 4.69) is 6.92 Å². The lowest BCUT2D eigenvalue weighted by atomic mass is 9.50. The van der Waals surface area contributed by atoms with Crippen molar-refractivity contribution in [2.24, 2.45) is 35.5 Å². The van der Waals surface area contributed by atoms with Crippen molar-refractivity contribution in [1.29, 1.82) is 0 Å². The summed E-state index contributed by atoms with van der Waals surface area (Å²) in [6.07, 6.45) is 7.49. The van der Waals surface area contributed by atoms with Crippen LogP contribution in [0.2, 0.25) is 0 Å². The van der Waals surface area contributed by atoms with E-state index in [1.165, 1.54) is 32.1 Å². The molecule has 0 radical (unpaired) electrons. The maximum absolute atomic E-state index is 9.32. The Balaban J connectivity index is 1.81. The van der Waals surface area contributed by atoms with Crippen LogP contribution in [0.25, 0.3) is 0 Å². The molecule has 1 unspecified atom stereocenters. The first kappa shape index (κ1) is 9.21. The highest BCUT2D eigenvalue weighted by Gasteiger charge is 2.49. The minimum Gasteiger partial charge on any atom is -0.396 e. The molecule has 4 fully saturated rings. The van der Waals surface area contributed by atoms with Crippen molar-refractivity contribution in [1.82, 2.24) is 0 Å². The third kappa shape index (κ3) is 1.25. The van der Waals surface area contributed by atoms with Gasteiger partial charge in [0.25, 0.3) is 0 Å². The van der Waals surface area contributed by atoms with Gasteiger partial charge in [0.15, 0.2) is 0 Å². The Morgan fingerprint density at radius 3 is 1.93 bits per heavy atom. The maximum atomic E-state index is 9.32. The molecule has 0 amide bonds. The summed E-state index contributed by atoms with van der Waals surface area (Å²) in [6.45, 7) is 2.67. The van der Waals surface area contributed by atoms with Gasteiger partial charge in [-0.25, -0.2) is 0 Å². The largest absolute Gasteiger partial charge is 0.396 e. The zero-order valence-electron chi connectivity index (χ0n) is 9.15. The van der Waals surface area contributed by atoms with E-state index in [1.54, 1.807) is 0 Å². The van der Waals surface area contributed by atoms with Gasteiger partial charge in [-0.05, 0) is 67.6 Å². The van der Waals surface area contributed by atoms with Crippen molar-refractivity contribution >= 4 is 0 Å². The van der Waals surface area contributed by atoms with Crippen molar-refractivity contribution in [2.75, 3.05) is 6.61 Å². The van der Waals surface area contributed by atoms with Crippen LogP contribution in [0.3, 0.4) is 0 Å². The van der Waals surface area contributed by atoms with Crippen LogP contribution in [-0.2, 0) is 0 Å². The van der Waals surface area contributed by atoms with E-state index in [0.717, 1.165) is 29.6 Å². The van der Waals surface area contributed by atoms with Crippen molar-refractivity contribution in [3.63, 3.8) is 0 Å². The Morgan fingerprint density at radius 2 is 1.50 bits per heavy atom. The van der Waals surface area contributed by atoms with Gasteiger partial charge in [-0.1, -0.05) is 6.92 Å². The lowest BCUT2D eigenvalue weighted by Crippen LogP contribution is -2.47. The van der Waals surface area contributed by atoms with Crippen LogP contribution in [0.4, 0.5) is 0 Å². The number of rotatable bonds is 2. The minimum absolute atomic E-state index is 0.410. The maximum Gasteiger partial charge on any atom is 0.0459 e. The topological polar surface area (TPSA) is 20.2 Å². The summed E-state index contributed by atoms with van der Waals surface area (Å²) < 4.78 is 0. The summed E-state index contributed by atoms with van der Waals surface area (Å²) in [5.74, 6) is 5.53. The van der Waals surface area contributed by atoms with E-state index in [4.69, 9.17) is 0 Å². The van der Waals surface area contributed by atoms with Crippen LogP contribution in [0.5, 0.6) is 0 Å². The summed E-state index contributed by atoms with van der Waals surface area (Å²) in [5.41, 5.74) is 0. The Kier molecular flexibility index (Phi) is 2.12. The molecular formula is C13H22O. The van der Waals surface area contributed by atoms with E-state index in [1.807, 2.05) is 0 Å². The SMILES string of the molecule is CC(CO)C1C2CC3CC(C2)CC1C3. The van der Waals surface area contributed by atoms with Crippen molar-refractivity contribution in [3.8, 4) is 0 Å². The molecule has 0 aliphatic heterocycles. The number of hydrogen-bond acceptors (Lipinski definition) is 1. The summed E-state index contributed by atoms with van der Waals surface area (Å²) in [7, 11) is 0. The van der Waals surface area contributed by atoms with E-state index < -0.39 is 0 Å². The number of aliphatic hydroxyl groups is 1. The lowest BCUT2D eigenvalue weighted by molar-refractivity contribution is -0.0668. The Morgan fingerprint density at radius 1 is 1.00 bits per heavy atom. The fourth-order valence-electron chi connectivity index (χ4n) is 5.02. The molecule has 14 heavy (non-hydrogen) atoms. The molecule has 4 aliphatic rings. The molecule has 4 saturated carbocycles. The molecule has 1 N–H and O–H groups in total. The van der Waals surface area contributed by atoms with Crippen molar-refractivity contribution < 1.29 is 5.11 Å². The van der Waals surface area contributed by atoms with Gasteiger partial charge in [0.1, 0.15) is 0 Å². The Bertz CT molecular complexity index is 195. The normalized spacial score (nSPS) is 52.3. The second-order valence-corrected chi connectivity index (χ2v) is 6.17. The highest BCUT2D eigenvalue weighted by atomic mass is 16.3. The zero-order chi connectivity index (χ0) is 9.71. The van der Waals surface area contributed by atoms with Crippen LogP contribution >= 0.6 is 0 Å². The fraction of sp³-hybridized carbons (Fsp3) is 1.00. The average molecular weight is 194 g/mol. The molecule has 4 bridgehead atoms. The molecule has 1 atom stereocenters. The van der Waals surface area contributed by atoms with Gasteiger partial charge in [0.2, 0.25) is 0 Å². The number of aliphatic hydroxyl groups excluding tert-OH is 1. The third-order valence-electron chi connectivity index (χ3n) is 5.24. The highest BCUT2D eigenvalue weighted by Crippen LogP contribution is 2.58. The molecule has 0 heterocycles. The summed E-state index contributed by atoms with van der Waals surface area (Å²) in [6, 6.07) is 0. The van der Waals surface area contributed by atoms with Crippen LogP contribution in [0, 0.1) is 35.5 Å². The quantitative estimate of drug-likeness (QED) is 0.716. The van der Waals surface area contributed by atoms with Gasteiger partial charge in [-0.3, -0.25) is 0 Å². The summed E-state index contributed by atoms with van der Waals surface area (Å²) in [5, 5.41) is 9.32. The summed E-state index contributed by atoms with van der Waals surface area (Å²) in [4.78, 5) is 0. The van der Waals surface area contributed by atoms with Crippen LogP contribution in [0.1, 0.15) is 39.0 Å². The van der Waals surface area contributed by atoms with E-state index in [0.29, 0.717) is 12.5 Å². The minimum atomic E-state index is 0.410. The van der Waals surface area contributed by atoms with E-state index in [-0.39, 0.29) is 0 Å². The lowest BCUT2D eigenvalue weighted by Gasteiger charge is -2.56. The van der Waals surface area contributed by atoms with Crippen LogP contribution < -0.4 is 0 Å². The van der Waals surface area contributed by atoms with E-state index >= 15 is 0 Å². The number of hydrogen-bond donors (Lipinski definition) is 1. The average Bonchev–Trinajstić information content (AvgIpc) is 2.15. The smallest absolute Gasteiger partial charge is 0.0459 e. The van der Waals surface area contributed by atoms with Crippen molar-refractivity contribution in [2.45, 2.75) is 39.0 Å². The van der Waals surface area contributed by atoms with E-state index in [9.17, 15) is 5.11 Å². The predicted octanol–water partition coefficient (Wildman–Crippen LogP) is 2.69. The fourth-order valence-corrected chi connectivity index (χ4v) is 5.02. The van der Waals surface area contributed by atoms with Gasteiger partial charge in [-0.2, -0.15) is 0 Å². The first-order chi connectivity index (χ1) is 6.78. The van der Waals surface area contributed by atoms with Gasteiger partial charge in [0.05, 0.1) is 0 Å². The Hall–Kier alpha value is -0.0400. The first-order valence-corrected chi connectivity index (χ1v) is 6.38. The molecule has 1 nitrogen and oxygen atoms in total. The molecule has 4 aliphatic carbocycles. The second kappa shape index (κ2) is 3.23. The van der Waals surface area contributed by atoms with Gasteiger partial charge < -0.3 is 5.11 Å². The molecule has 0 spiro atoms. The molecule has 0 aromatic carbocycles. The molecule has 0 saturated heterocycles. The molecule has 4 rings (SSSR count).